The fourth-order valence-electron chi connectivity index (χ4n) is 4.51. The Morgan fingerprint density at radius 1 is 1.06 bits per heavy atom. The Labute approximate surface area is 203 Å². The first kappa shape index (κ1) is 22.8. The molecule has 0 aliphatic carbocycles. The van der Waals surface area contributed by atoms with E-state index in [-0.39, 0.29) is 17.4 Å². The summed E-state index contributed by atoms with van der Waals surface area (Å²) in [7, 11) is 1.82. The van der Waals surface area contributed by atoms with Crippen LogP contribution in [0, 0.1) is 12.8 Å². The molecule has 5 rings (SSSR count). The van der Waals surface area contributed by atoms with Gasteiger partial charge in [0, 0.05) is 18.5 Å². The van der Waals surface area contributed by atoms with Crippen LogP contribution < -0.4 is 10.9 Å². The monoisotopic (exact) mass is 472 g/mol. The molecular formula is C26H28N6O3. The zero-order chi connectivity index (χ0) is 24.4. The Morgan fingerprint density at radius 2 is 1.71 bits per heavy atom. The van der Waals surface area contributed by atoms with Crippen LogP contribution in [-0.4, -0.2) is 43.4 Å². The van der Waals surface area contributed by atoms with E-state index in [1.54, 1.807) is 9.36 Å². The topological polar surface area (TPSA) is 98.2 Å². The molecule has 0 bridgehead atoms. The molecule has 3 heterocycles. The van der Waals surface area contributed by atoms with Crippen LogP contribution in [-0.2, 0) is 18.4 Å². The Hall–Kier alpha value is -3.98. The van der Waals surface area contributed by atoms with Crippen molar-refractivity contribution in [1.29, 1.82) is 0 Å². The summed E-state index contributed by atoms with van der Waals surface area (Å²) in [5.74, 6) is 0.875. The van der Waals surface area contributed by atoms with Crippen LogP contribution in [0.15, 0.2) is 70.0 Å². The highest BCUT2D eigenvalue weighted by molar-refractivity contribution is 5.93. The SMILES string of the molecule is Cc1c(NC(=O)C2CCN(Cc3nc(-c4ccccc4)no3)CC2)c(=O)n(-c2ccccc2)n1C. The summed E-state index contributed by atoms with van der Waals surface area (Å²) in [4.78, 5) is 32.8. The van der Waals surface area contributed by atoms with Gasteiger partial charge in [0.1, 0.15) is 5.69 Å². The van der Waals surface area contributed by atoms with Gasteiger partial charge in [-0.3, -0.25) is 19.2 Å². The number of hydrogen-bond acceptors (Lipinski definition) is 6. The molecule has 1 N–H and O–H groups in total. The van der Waals surface area contributed by atoms with Crippen LogP contribution >= 0.6 is 0 Å². The fourth-order valence-corrected chi connectivity index (χ4v) is 4.51. The van der Waals surface area contributed by atoms with Crippen molar-refractivity contribution < 1.29 is 9.32 Å². The van der Waals surface area contributed by atoms with E-state index in [0.717, 1.165) is 30.0 Å². The van der Waals surface area contributed by atoms with Gasteiger partial charge in [0.2, 0.25) is 17.6 Å². The molecule has 0 saturated carbocycles. The molecule has 0 unspecified atom stereocenters. The molecule has 0 atom stereocenters. The lowest BCUT2D eigenvalue weighted by Gasteiger charge is -2.30. The number of nitrogens with zero attached hydrogens (tertiary/aromatic N) is 5. The van der Waals surface area contributed by atoms with Crippen LogP contribution in [0.25, 0.3) is 17.1 Å². The predicted octanol–water partition coefficient (Wildman–Crippen LogP) is 3.39. The summed E-state index contributed by atoms with van der Waals surface area (Å²) < 4.78 is 8.77. The molecule has 1 saturated heterocycles. The summed E-state index contributed by atoms with van der Waals surface area (Å²) in [5, 5.41) is 6.99. The maximum absolute atomic E-state index is 13.1. The normalized spacial score (nSPS) is 14.8. The number of hydrogen-bond donors (Lipinski definition) is 1. The van der Waals surface area contributed by atoms with Crippen molar-refractivity contribution in [3.63, 3.8) is 0 Å². The largest absolute Gasteiger partial charge is 0.338 e. The summed E-state index contributed by atoms with van der Waals surface area (Å²) >= 11 is 0. The summed E-state index contributed by atoms with van der Waals surface area (Å²) in [6, 6.07) is 19.1. The minimum absolute atomic E-state index is 0.111. The van der Waals surface area contributed by atoms with E-state index < -0.39 is 0 Å². The second-order valence-corrected chi connectivity index (χ2v) is 8.85. The van der Waals surface area contributed by atoms with Crippen molar-refractivity contribution in [3.05, 3.63) is 82.6 Å². The molecule has 180 valence electrons. The molecular weight excluding hydrogens is 444 g/mol. The van der Waals surface area contributed by atoms with Crippen molar-refractivity contribution in [1.82, 2.24) is 24.4 Å². The molecule has 1 aliphatic heterocycles. The van der Waals surface area contributed by atoms with E-state index in [1.165, 1.54) is 0 Å². The average molecular weight is 473 g/mol. The third-order valence-electron chi connectivity index (χ3n) is 6.62. The average Bonchev–Trinajstić information content (AvgIpc) is 3.44. The molecule has 1 aliphatic rings. The number of rotatable bonds is 6. The van der Waals surface area contributed by atoms with Crippen molar-refractivity contribution in [2.45, 2.75) is 26.3 Å². The van der Waals surface area contributed by atoms with Gasteiger partial charge in [-0.2, -0.15) is 4.98 Å². The number of aromatic nitrogens is 4. The number of piperidine rings is 1. The highest BCUT2D eigenvalue weighted by atomic mass is 16.5. The zero-order valence-electron chi connectivity index (χ0n) is 19.8. The Kier molecular flexibility index (Phi) is 6.33. The number of amides is 1. The van der Waals surface area contributed by atoms with Gasteiger partial charge in [-0.05, 0) is 45.0 Å². The molecule has 0 spiro atoms. The molecule has 35 heavy (non-hydrogen) atoms. The molecule has 0 radical (unpaired) electrons. The van der Waals surface area contributed by atoms with Crippen molar-refractivity contribution in [2.75, 3.05) is 18.4 Å². The van der Waals surface area contributed by atoms with E-state index in [1.807, 2.05) is 74.6 Å². The summed E-state index contributed by atoms with van der Waals surface area (Å²) in [5.41, 5.74) is 2.50. The first-order valence-electron chi connectivity index (χ1n) is 11.8. The third kappa shape index (κ3) is 4.67. The van der Waals surface area contributed by atoms with Gasteiger partial charge in [-0.15, -0.1) is 0 Å². The summed E-state index contributed by atoms with van der Waals surface area (Å²) in [6.07, 6.45) is 1.40. The molecule has 1 fully saturated rings. The number of carbonyl (C=O) groups excluding carboxylic acids is 1. The fraction of sp³-hybridized carbons (Fsp3) is 0.308. The van der Waals surface area contributed by atoms with E-state index >= 15 is 0 Å². The lowest BCUT2D eigenvalue weighted by atomic mass is 9.96. The van der Waals surface area contributed by atoms with E-state index in [9.17, 15) is 9.59 Å². The van der Waals surface area contributed by atoms with Crippen LogP contribution in [0.5, 0.6) is 0 Å². The van der Waals surface area contributed by atoms with Crippen LogP contribution in [0.4, 0.5) is 5.69 Å². The van der Waals surface area contributed by atoms with Crippen molar-refractivity contribution in [3.8, 4) is 17.1 Å². The van der Waals surface area contributed by atoms with E-state index in [4.69, 9.17) is 4.52 Å². The van der Waals surface area contributed by atoms with Crippen LogP contribution in [0.2, 0.25) is 0 Å². The Morgan fingerprint density at radius 3 is 2.40 bits per heavy atom. The van der Waals surface area contributed by atoms with Crippen LogP contribution in [0.1, 0.15) is 24.4 Å². The third-order valence-corrected chi connectivity index (χ3v) is 6.62. The Balaban J connectivity index is 1.20. The van der Waals surface area contributed by atoms with E-state index in [0.29, 0.717) is 36.8 Å². The number of nitrogens with one attached hydrogen (secondary N) is 1. The first-order valence-corrected chi connectivity index (χ1v) is 11.8. The maximum Gasteiger partial charge on any atom is 0.295 e. The highest BCUT2D eigenvalue weighted by Crippen LogP contribution is 2.22. The Bertz CT molecular complexity index is 1370. The predicted molar refractivity (Wildman–Crippen MR) is 132 cm³/mol. The second kappa shape index (κ2) is 9.71. The minimum atomic E-state index is -0.229. The number of benzene rings is 2. The van der Waals surface area contributed by atoms with Gasteiger partial charge in [-0.25, -0.2) is 4.68 Å². The quantitative estimate of drug-likeness (QED) is 0.462. The highest BCUT2D eigenvalue weighted by Gasteiger charge is 2.28. The summed E-state index contributed by atoms with van der Waals surface area (Å²) in [6.45, 7) is 3.87. The molecule has 9 heteroatoms. The van der Waals surface area contributed by atoms with Gasteiger partial charge in [0.05, 0.1) is 17.9 Å². The first-order chi connectivity index (χ1) is 17.0. The van der Waals surface area contributed by atoms with Gasteiger partial charge in [0.15, 0.2) is 0 Å². The molecule has 1 amide bonds. The van der Waals surface area contributed by atoms with Crippen molar-refractivity contribution >= 4 is 11.6 Å². The minimum Gasteiger partial charge on any atom is -0.338 e. The number of anilines is 1. The molecule has 2 aromatic heterocycles. The molecule has 4 aromatic rings. The maximum atomic E-state index is 13.1. The van der Waals surface area contributed by atoms with Crippen LogP contribution in [0.3, 0.4) is 0 Å². The van der Waals surface area contributed by atoms with Crippen molar-refractivity contribution in [2.24, 2.45) is 13.0 Å². The standard InChI is InChI=1S/C26H28N6O3/c1-18-23(26(34)32(30(18)2)21-11-7-4-8-12-21)28-25(33)20-13-15-31(16-14-20)17-22-27-24(29-35-22)19-9-5-3-6-10-19/h3-12,20H,13-17H2,1-2H3,(H,28,33). The smallest absolute Gasteiger partial charge is 0.295 e. The second-order valence-electron chi connectivity index (χ2n) is 8.85. The van der Waals surface area contributed by atoms with E-state index in [2.05, 4.69) is 20.4 Å². The number of likely N-dealkylation sites (tertiary alicyclic amines) is 1. The van der Waals surface area contributed by atoms with Gasteiger partial charge in [0.25, 0.3) is 5.56 Å². The van der Waals surface area contributed by atoms with Gasteiger partial charge in [-0.1, -0.05) is 53.7 Å². The van der Waals surface area contributed by atoms with Gasteiger partial charge < -0.3 is 9.84 Å². The number of para-hydroxylation sites is 1. The lowest BCUT2D eigenvalue weighted by Crippen LogP contribution is -2.38. The molecule has 9 nitrogen and oxygen atoms in total. The lowest BCUT2D eigenvalue weighted by molar-refractivity contribution is -0.121. The molecule has 2 aromatic carbocycles. The van der Waals surface area contributed by atoms with Gasteiger partial charge >= 0.3 is 0 Å². The zero-order valence-corrected chi connectivity index (χ0v) is 19.8. The number of carbonyl (C=O) groups is 1.